The highest BCUT2D eigenvalue weighted by molar-refractivity contribution is 9.10. The van der Waals surface area contributed by atoms with Crippen LogP contribution in [0.1, 0.15) is 40.0 Å². The van der Waals surface area contributed by atoms with Gasteiger partial charge in [-0.15, -0.1) is 0 Å². The van der Waals surface area contributed by atoms with Crippen LogP contribution >= 0.6 is 15.9 Å². The van der Waals surface area contributed by atoms with Gasteiger partial charge in [-0.1, -0.05) is 57.9 Å². The molecular weight excluding hydrogens is 414 g/mol. The molecule has 2 aromatic carbocycles. The molecule has 2 heterocycles. The highest BCUT2D eigenvalue weighted by atomic mass is 79.9. The molecule has 0 unspecified atom stereocenters. The molecule has 0 aliphatic carbocycles. The maximum absolute atomic E-state index is 13.2. The Balaban J connectivity index is 1.69. The molecule has 1 saturated heterocycles. The Morgan fingerprint density at radius 1 is 1.11 bits per heavy atom. The number of nitrogens with one attached hydrogen (secondary N) is 3. The zero-order valence-corrected chi connectivity index (χ0v) is 17.5. The number of amides is 1. The first-order chi connectivity index (χ1) is 13.6. The van der Waals surface area contributed by atoms with Crippen LogP contribution in [0, 0.1) is 6.92 Å². The third kappa shape index (κ3) is 4.21. The van der Waals surface area contributed by atoms with Crippen molar-refractivity contribution in [3.05, 3.63) is 69.3 Å². The Morgan fingerprint density at radius 2 is 1.86 bits per heavy atom. The Labute approximate surface area is 173 Å². The van der Waals surface area contributed by atoms with Gasteiger partial charge in [-0.3, -0.25) is 4.79 Å². The van der Waals surface area contributed by atoms with Gasteiger partial charge in [0.1, 0.15) is 0 Å². The number of rotatable bonds is 4. The fourth-order valence-corrected chi connectivity index (χ4v) is 4.00. The van der Waals surface area contributed by atoms with Gasteiger partial charge in [-0.2, -0.15) is 0 Å². The predicted octanol–water partition coefficient (Wildman–Crippen LogP) is 4.89. The molecule has 3 N–H and O–H groups in total. The molecule has 5 heteroatoms. The molecule has 0 spiro atoms. The first-order valence-electron chi connectivity index (χ1n) is 9.68. The molecule has 0 atom stereocenters. The van der Waals surface area contributed by atoms with Crippen molar-refractivity contribution >= 4 is 44.9 Å². The maximum Gasteiger partial charge on any atom is 0.254 e. The lowest BCUT2D eigenvalue weighted by molar-refractivity contribution is 0.0931. The predicted molar refractivity (Wildman–Crippen MR) is 119 cm³/mol. The number of carbonyl (C=O) groups excluding carboxylic acids is 1. The summed E-state index contributed by atoms with van der Waals surface area (Å²) in [6, 6.07) is 14.6. The van der Waals surface area contributed by atoms with Gasteiger partial charge in [-0.05, 0) is 56.6 Å². The number of aryl methyl sites for hydroxylation is 1. The minimum absolute atomic E-state index is 0.0102. The summed E-state index contributed by atoms with van der Waals surface area (Å²) in [6.45, 7) is 3.98. The van der Waals surface area contributed by atoms with Crippen molar-refractivity contribution in [3.8, 4) is 0 Å². The zero-order valence-electron chi connectivity index (χ0n) is 15.9. The maximum atomic E-state index is 13.2. The van der Waals surface area contributed by atoms with E-state index in [-0.39, 0.29) is 11.9 Å². The lowest BCUT2D eigenvalue weighted by Crippen LogP contribution is -2.42. The smallest absolute Gasteiger partial charge is 0.254 e. The van der Waals surface area contributed by atoms with E-state index in [9.17, 15) is 4.79 Å². The fourth-order valence-electron chi connectivity index (χ4n) is 3.64. The van der Waals surface area contributed by atoms with Crippen LogP contribution in [0.3, 0.4) is 0 Å². The van der Waals surface area contributed by atoms with Crippen molar-refractivity contribution in [2.45, 2.75) is 25.8 Å². The van der Waals surface area contributed by atoms with Gasteiger partial charge in [0.25, 0.3) is 5.91 Å². The van der Waals surface area contributed by atoms with E-state index < -0.39 is 0 Å². The highest BCUT2D eigenvalue weighted by Crippen LogP contribution is 2.27. The topological polar surface area (TPSA) is 56.9 Å². The van der Waals surface area contributed by atoms with Gasteiger partial charge in [0.15, 0.2) is 0 Å². The third-order valence-electron chi connectivity index (χ3n) is 5.21. The van der Waals surface area contributed by atoms with Crippen LogP contribution in [-0.4, -0.2) is 30.0 Å². The van der Waals surface area contributed by atoms with E-state index >= 15 is 0 Å². The molecule has 3 aromatic rings. The Morgan fingerprint density at radius 3 is 2.61 bits per heavy atom. The van der Waals surface area contributed by atoms with Crippen LogP contribution in [0.5, 0.6) is 0 Å². The molecule has 4 rings (SSSR count). The number of carbonyl (C=O) groups is 1. The molecule has 0 bridgehead atoms. The SMILES string of the molecule is Cc1ccc(/C=C/c2[nH]c3cc(Br)ccc3c2C(=O)NC2CCNCC2)cc1. The summed E-state index contributed by atoms with van der Waals surface area (Å²) in [4.78, 5) is 16.6. The number of hydrogen-bond acceptors (Lipinski definition) is 2. The van der Waals surface area contributed by atoms with Crippen molar-refractivity contribution in [1.82, 2.24) is 15.6 Å². The molecule has 28 heavy (non-hydrogen) atoms. The molecule has 0 radical (unpaired) electrons. The number of benzene rings is 2. The van der Waals surface area contributed by atoms with Crippen molar-refractivity contribution < 1.29 is 4.79 Å². The normalized spacial score (nSPS) is 15.4. The summed E-state index contributed by atoms with van der Waals surface area (Å²) in [5.74, 6) is -0.0102. The molecule has 4 nitrogen and oxygen atoms in total. The quantitative estimate of drug-likeness (QED) is 0.543. The Kier molecular flexibility index (Phi) is 5.64. The lowest BCUT2D eigenvalue weighted by Gasteiger charge is -2.23. The van der Waals surface area contributed by atoms with E-state index in [1.54, 1.807) is 0 Å². The van der Waals surface area contributed by atoms with Crippen molar-refractivity contribution in [2.75, 3.05) is 13.1 Å². The average molecular weight is 438 g/mol. The fraction of sp³-hybridized carbons (Fsp3) is 0.261. The summed E-state index contributed by atoms with van der Waals surface area (Å²) in [5, 5.41) is 7.51. The van der Waals surface area contributed by atoms with E-state index in [4.69, 9.17) is 0 Å². The van der Waals surface area contributed by atoms with Gasteiger partial charge in [-0.25, -0.2) is 0 Å². The van der Waals surface area contributed by atoms with E-state index in [2.05, 4.69) is 62.7 Å². The van der Waals surface area contributed by atoms with E-state index in [0.29, 0.717) is 5.56 Å². The molecule has 144 valence electrons. The second kappa shape index (κ2) is 8.33. The van der Waals surface area contributed by atoms with Gasteiger partial charge >= 0.3 is 0 Å². The average Bonchev–Trinajstić information content (AvgIpc) is 3.06. The molecule has 1 fully saturated rings. The van der Waals surface area contributed by atoms with Crippen LogP contribution in [0.2, 0.25) is 0 Å². The van der Waals surface area contributed by atoms with Crippen molar-refractivity contribution in [3.63, 3.8) is 0 Å². The summed E-state index contributed by atoms with van der Waals surface area (Å²) in [5.41, 5.74) is 4.84. The van der Waals surface area contributed by atoms with Crippen molar-refractivity contribution in [2.24, 2.45) is 0 Å². The highest BCUT2D eigenvalue weighted by Gasteiger charge is 2.21. The number of hydrogen-bond donors (Lipinski definition) is 3. The number of aromatic amines is 1. The number of fused-ring (bicyclic) bond motifs is 1. The molecular formula is C23H24BrN3O. The molecule has 1 aliphatic heterocycles. The van der Waals surface area contributed by atoms with Crippen LogP contribution in [0.25, 0.3) is 23.1 Å². The van der Waals surface area contributed by atoms with E-state index in [0.717, 1.165) is 52.6 Å². The van der Waals surface area contributed by atoms with Gasteiger partial charge in [0.2, 0.25) is 0 Å². The van der Waals surface area contributed by atoms with E-state index in [1.165, 1.54) is 5.56 Å². The molecule has 1 amide bonds. The number of H-pyrrole nitrogens is 1. The van der Waals surface area contributed by atoms with E-state index in [1.807, 2.05) is 30.4 Å². The lowest BCUT2D eigenvalue weighted by atomic mass is 10.0. The minimum Gasteiger partial charge on any atom is -0.354 e. The first kappa shape index (κ1) is 19.0. The largest absolute Gasteiger partial charge is 0.354 e. The summed E-state index contributed by atoms with van der Waals surface area (Å²) < 4.78 is 0.987. The van der Waals surface area contributed by atoms with Crippen LogP contribution in [0.15, 0.2) is 46.9 Å². The number of aromatic nitrogens is 1. The van der Waals surface area contributed by atoms with Crippen LogP contribution in [-0.2, 0) is 0 Å². The molecule has 1 aliphatic rings. The Hall–Kier alpha value is -2.37. The second-order valence-corrected chi connectivity index (χ2v) is 8.26. The minimum atomic E-state index is -0.0102. The number of halogens is 1. The van der Waals surface area contributed by atoms with Gasteiger partial charge in [0, 0.05) is 21.4 Å². The molecule has 0 saturated carbocycles. The molecule has 1 aromatic heterocycles. The Bertz CT molecular complexity index is 1010. The zero-order chi connectivity index (χ0) is 19.5. The standard InChI is InChI=1S/C23H24BrN3O/c1-15-2-4-16(5-3-15)6-9-20-22(19-8-7-17(24)14-21(19)27-20)23(28)26-18-10-12-25-13-11-18/h2-9,14,18,25,27H,10-13H2,1H3,(H,26,28)/b9-6+. The van der Waals surface area contributed by atoms with Crippen molar-refractivity contribution in [1.29, 1.82) is 0 Å². The first-order valence-corrected chi connectivity index (χ1v) is 10.5. The van der Waals surface area contributed by atoms with Crippen LogP contribution < -0.4 is 10.6 Å². The third-order valence-corrected chi connectivity index (χ3v) is 5.70. The van der Waals surface area contributed by atoms with Crippen LogP contribution in [0.4, 0.5) is 0 Å². The van der Waals surface area contributed by atoms with Gasteiger partial charge in [0.05, 0.1) is 11.3 Å². The monoisotopic (exact) mass is 437 g/mol. The van der Waals surface area contributed by atoms with Gasteiger partial charge < -0.3 is 15.6 Å². The second-order valence-electron chi connectivity index (χ2n) is 7.35. The number of piperidine rings is 1. The summed E-state index contributed by atoms with van der Waals surface area (Å²) in [7, 11) is 0. The summed E-state index contributed by atoms with van der Waals surface area (Å²) in [6.07, 6.45) is 5.97. The summed E-state index contributed by atoms with van der Waals surface area (Å²) >= 11 is 3.52.